The van der Waals surface area contributed by atoms with Crippen LogP contribution in [0.3, 0.4) is 0 Å². The number of rotatable bonds is 2. The summed E-state index contributed by atoms with van der Waals surface area (Å²) < 4.78 is 1.57. The van der Waals surface area contributed by atoms with Crippen molar-refractivity contribution in [2.75, 3.05) is 0 Å². The van der Waals surface area contributed by atoms with E-state index in [0.29, 0.717) is 0 Å². The third kappa shape index (κ3) is 2.13. The van der Waals surface area contributed by atoms with Crippen molar-refractivity contribution in [2.24, 2.45) is 0 Å². The summed E-state index contributed by atoms with van der Waals surface area (Å²) in [7, 11) is 0. The van der Waals surface area contributed by atoms with Crippen LogP contribution in [-0.4, -0.2) is 18.4 Å². The molecule has 1 aromatic rings. The summed E-state index contributed by atoms with van der Waals surface area (Å²) in [5.74, 6) is 0. The van der Waals surface area contributed by atoms with E-state index in [1.165, 1.54) is 5.56 Å². The van der Waals surface area contributed by atoms with Crippen molar-refractivity contribution in [3.8, 4) is 0 Å². The first-order valence-corrected chi connectivity index (χ1v) is 14.3. The zero-order valence-corrected chi connectivity index (χ0v) is 10.9. The van der Waals surface area contributed by atoms with Crippen LogP contribution in [-0.2, 0) is 0 Å². The zero-order valence-electron chi connectivity index (χ0n) is 8.09. The molecule has 0 nitrogen and oxygen atoms in total. The standard InChI is InChI=1S/C8H7.3CH3.Sn/c1-2-8-6-4-3-5-7-8;;;;/h2-6H,1H2;3*1H3;. The van der Waals surface area contributed by atoms with Crippen molar-refractivity contribution in [3.05, 3.63) is 36.4 Å². The fraction of sp³-hybridized carbons (Fsp3) is 0.273. The van der Waals surface area contributed by atoms with E-state index in [2.05, 4.69) is 45.7 Å². The first kappa shape index (κ1) is 9.84. The predicted octanol–water partition coefficient (Wildman–Crippen LogP) is 2.87. The molecule has 0 atom stereocenters. The SMILES string of the molecule is C=Cc1cccc[c]1[Sn]([CH3])([CH3])[CH3]. The molecule has 0 radical (unpaired) electrons. The molecule has 1 aromatic carbocycles. The van der Waals surface area contributed by atoms with Crippen LogP contribution >= 0.6 is 0 Å². The van der Waals surface area contributed by atoms with Crippen LogP contribution in [0.2, 0.25) is 14.8 Å². The van der Waals surface area contributed by atoms with Gasteiger partial charge in [0, 0.05) is 0 Å². The third-order valence-electron chi connectivity index (χ3n) is 1.99. The van der Waals surface area contributed by atoms with Gasteiger partial charge in [0.2, 0.25) is 0 Å². The van der Waals surface area contributed by atoms with Crippen molar-refractivity contribution in [2.45, 2.75) is 14.8 Å². The van der Waals surface area contributed by atoms with E-state index >= 15 is 0 Å². The molecule has 64 valence electrons. The van der Waals surface area contributed by atoms with Gasteiger partial charge >= 0.3 is 79.3 Å². The first-order chi connectivity index (χ1) is 5.55. The Morgan fingerprint density at radius 2 is 1.75 bits per heavy atom. The molecule has 0 spiro atoms. The number of hydrogen-bond donors (Lipinski definition) is 0. The van der Waals surface area contributed by atoms with Crippen LogP contribution < -0.4 is 3.58 Å². The van der Waals surface area contributed by atoms with Crippen LogP contribution in [0.15, 0.2) is 30.8 Å². The van der Waals surface area contributed by atoms with E-state index in [-0.39, 0.29) is 0 Å². The molecule has 0 fully saturated rings. The van der Waals surface area contributed by atoms with Gasteiger partial charge in [-0.25, -0.2) is 0 Å². The van der Waals surface area contributed by atoms with Gasteiger partial charge in [-0.2, -0.15) is 0 Å². The van der Waals surface area contributed by atoms with Crippen LogP contribution in [0, 0.1) is 0 Å². The van der Waals surface area contributed by atoms with Gasteiger partial charge in [0.25, 0.3) is 0 Å². The Hall–Kier alpha value is -0.241. The molecule has 0 aliphatic heterocycles. The van der Waals surface area contributed by atoms with E-state index in [0.717, 1.165) is 0 Å². The van der Waals surface area contributed by atoms with Gasteiger partial charge in [-0.15, -0.1) is 0 Å². The van der Waals surface area contributed by atoms with E-state index in [4.69, 9.17) is 0 Å². The van der Waals surface area contributed by atoms with Gasteiger partial charge in [-0.3, -0.25) is 0 Å². The average molecular weight is 267 g/mol. The van der Waals surface area contributed by atoms with Gasteiger partial charge < -0.3 is 0 Å². The molecule has 12 heavy (non-hydrogen) atoms. The first-order valence-electron chi connectivity index (χ1n) is 4.27. The molecule has 0 aliphatic carbocycles. The molecule has 0 aliphatic rings. The predicted molar refractivity (Wildman–Crippen MR) is 59.5 cm³/mol. The Kier molecular flexibility index (Phi) is 2.99. The van der Waals surface area contributed by atoms with Crippen molar-refractivity contribution < 1.29 is 0 Å². The molecule has 0 bridgehead atoms. The van der Waals surface area contributed by atoms with Gasteiger partial charge in [0.15, 0.2) is 0 Å². The Morgan fingerprint density at radius 3 is 2.17 bits per heavy atom. The molecular weight excluding hydrogens is 251 g/mol. The Bertz CT molecular complexity index is 281. The van der Waals surface area contributed by atoms with Crippen molar-refractivity contribution in [1.82, 2.24) is 0 Å². The summed E-state index contributed by atoms with van der Waals surface area (Å²) in [5, 5.41) is 0. The Labute approximate surface area is 79.2 Å². The minimum absolute atomic E-state index is 1.33. The van der Waals surface area contributed by atoms with Crippen LogP contribution in [0.4, 0.5) is 0 Å². The fourth-order valence-corrected chi connectivity index (χ4v) is 6.06. The second kappa shape index (κ2) is 3.65. The van der Waals surface area contributed by atoms with Crippen LogP contribution in [0.5, 0.6) is 0 Å². The molecule has 0 aromatic heterocycles. The number of hydrogen-bond acceptors (Lipinski definition) is 0. The summed E-state index contributed by atoms with van der Waals surface area (Å²) >= 11 is -1.88. The van der Waals surface area contributed by atoms with Gasteiger partial charge in [-0.1, -0.05) is 0 Å². The van der Waals surface area contributed by atoms with E-state index < -0.39 is 18.4 Å². The maximum atomic E-state index is 3.84. The quantitative estimate of drug-likeness (QED) is 0.723. The fourth-order valence-electron chi connectivity index (χ4n) is 1.36. The van der Waals surface area contributed by atoms with Gasteiger partial charge in [0.05, 0.1) is 0 Å². The molecule has 1 rings (SSSR count). The average Bonchev–Trinajstić information content (AvgIpc) is 2.03. The van der Waals surface area contributed by atoms with Crippen LogP contribution in [0.1, 0.15) is 5.56 Å². The van der Waals surface area contributed by atoms with E-state index in [1.807, 2.05) is 6.08 Å². The summed E-state index contributed by atoms with van der Waals surface area (Å²) in [5.41, 5.74) is 1.33. The Morgan fingerprint density at radius 1 is 1.17 bits per heavy atom. The second-order valence-electron chi connectivity index (χ2n) is 4.04. The molecule has 0 unspecified atom stereocenters. The van der Waals surface area contributed by atoms with Crippen LogP contribution in [0.25, 0.3) is 6.08 Å². The maximum absolute atomic E-state index is 3.84. The van der Waals surface area contributed by atoms with Gasteiger partial charge in [-0.05, 0) is 0 Å². The molecule has 0 N–H and O–H groups in total. The van der Waals surface area contributed by atoms with E-state index in [9.17, 15) is 0 Å². The summed E-state index contributed by atoms with van der Waals surface area (Å²) in [4.78, 5) is 7.28. The summed E-state index contributed by atoms with van der Waals surface area (Å²) in [6.45, 7) is 3.84. The zero-order chi connectivity index (χ0) is 9.19. The topological polar surface area (TPSA) is 0 Å². The van der Waals surface area contributed by atoms with Crippen molar-refractivity contribution in [1.29, 1.82) is 0 Å². The molecular formula is C11H16Sn. The number of benzene rings is 1. The molecule has 0 amide bonds. The Balaban J connectivity index is 3.23. The molecule has 0 heterocycles. The summed E-state index contributed by atoms with van der Waals surface area (Å²) in [6.07, 6.45) is 1.97. The second-order valence-corrected chi connectivity index (χ2v) is 18.4. The monoisotopic (exact) mass is 268 g/mol. The van der Waals surface area contributed by atoms with Crippen molar-refractivity contribution in [3.63, 3.8) is 0 Å². The van der Waals surface area contributed by atoms with Crippen molar-refractivity contribution >= 4 is 28.0 Å². The van der Waals surface area contributed by atoms with E-state index in [1.54, 1.807) is 3.58 Å². The summed E-state index contributed by atoms with van der Waals surface area (Å²) in [6, 6.07) is 8.63. The molecule has 0 saturated carbocycles. The molecule has 0 saturated heterocycles. The molecule has 1 heteroatoms. The third-order valence-corrected chi connectivity index (χ3v) is 7.90. The normalized spacial score (nSPS) is 11.2. The minimum atomic E-state index is -1.88. The van der Waals surface area contributed by atoms with Gasteiger partial charge in [0.1, 0.15) is 0 Å².